The maximum Gasteiger partial charge on any atom is 0.337 e. The number of carboxylic acid groups (broad SMARTS) is 1. The Morgan fingerprint density at radius 2 is 2.06 bits per heavy atom. The second-order valence-electron chi connectivity index (χ2n) is 7.38. The Morgan fingerprint density at radius 3 is 2.74 bits per heavy atom. The van der Waals surface area contributed by atoms with E-state index in [1.165, 1.54) is 36.8 Å². The Bertz CT molecular complexity index is 1240. The average molecular weight is 421 g/mol. The van der Waals surface area contributed by atoms with E-state index in [1.807, 2.05) is 0 Å². The molecule has 1 fully saturated rings. The van der Waals surface area contributed by atoms with Crippen LogP contribution in [0, 0.1) is 18.2 Å². The molecule has 8 nitrogen and oxygen atoms in total. The van der Waals surface area contributed by atoms with E-state index >= 15 is 0 Å². The predicted molar refractivity (Wildman–Crippen MR) is 114 cm³/mol. The van der Waals surface area contributed by atoms with Gasteiger partial charge in [-0.25, -0.2) is 14.2 Å². The Labute approximate surface area is 176 Å². The van der Waals surface area contributed by atoms with Crippen molar-refractivity contribution in [3.8, 4) is 0 Å². The molecule has 4 rings (SSSR count). The first kappa shape index (κ1) is 20.3. The number of imidazole rings is 1. The molecule has 31 heavy (non-hydrogen) atoms. The summed E-state index contributed by atoms with van der Waals surface area (Å²) in [6.45, 7) is 1.70. The van der Waals surface area contributed by atoms with Gasteiger partial charge in [0.25, 0.3) is 5.91 Å². The second-order valence-corrected chi connectivity index (χ2v) is 7.38. The summed E-state index contributed by atoms with van der Waals surface area (Å²) in [7, 11) is 0. The highest BCUT2D eigenvalue weighted by atomic mass is 19.1. The van der Waals surface area contributed by atoms with Crippen LogP contribution in [0.15, 0.2) is 42.9 Å². The van der Waals surface area contributed by atoms with Gasteiger partial charge in [-0.05, 0) is 55.2 Å². The number of hydrogen-bond acceptors (Lipinski definition) is 5. The second kappa shape index (κ2) is 8.02. The van der Waals surface area contributed by atoms with Crippen molar-refractivity contribution in [1.29, 1.82) is 5.41 Å². The molecule has 4 N–H and O–H groups in total. The fraction of sp³-hybridized carbons (Fsp3) is 0.182. The van der Waals surface area contributed by atoms with Gasteiger partial charge in [0, 0.05) is 30.2 Å². The molecule has 0 bridgehead atoms. The fourth-order valence-corrected chi connectivity index (χ4v) is 3.21. The number of rotatable bonds is 7. The minimum Gasteiger partial charge on any atom is -0.478 e. The molecule has 1 aliphatic carbocycles. The molecule has 1 amide bonds. The van der Waals surface area contributed by atoms with Gasteiger partial charge in [-0.1, -0.05) is 0 Å². The molecule has 1 saturated carbocycles. The number of benzene rings is 1. The van der Waals surface area contributed by atoms with Gasteiger partial charge in [-0.2, -0.15) is 0 Å². The highest BCUT2D eigenvalue weighted by molar-refractivity contribution is 6.10. The maximum absolute atomic E-state index is 14.4. The molecule has 0 spiro atoms. The average Bonchev–Trinajstić information content (AvgIpc) is 3.46. The Balaban J connectivity index is 1.66. The van der Waals surface area contributed by atoms with E-state index in [9.17, 15) is 19.1 Å². The molecule has 158 valence electrons. The van der Waals surface area contributed by atoms with Crippen molar-refractivity contribution < 1.29 is 19.1 Å². The van der Waals surface area contributed by atoms with E-state index in [-0.39, 0.29) is 17.2 Å². The molecule has 1 aromatic carbocycles. The molecule has 1 aliphatic rings. The summed E-state index contributed by atoms with van der Waals surface area (Å²) >= 11 is 0. The highest BCUT2D eigenvalue weighted by Gasteiger charge is 2.25. The number of nitrogens with one attached hydrogen (secondary N) is 3. The molecule has 0 aliphatic heterocycles. The largest absolute Gasteiger partial charge is 0.478 e. The van der Waals surface area contributed by atoms with Gasteiger partial charge in [0.05, 0.1) is 17.3 Å². The number of aromatic carboxylic acids is 1. The summed E-state index contributed by atoms with van der Waals surface area (Å²) in [6, 6.07) is 5.87. The number of allylic oxidation sites excluding steroid dienone is 1. The third-order valence-electron chi connectivity index (χ3n) is 5.07. The van der Waals surface area contributed by atoms with Crippen LogP contribution >= 0.6 is 0 Å². The zero-order valence-electron chi connectivity index (χ0n) is 16.6. The number of amides is 1. The Hall–Kier alpha value is -4.01. The SMILES string of the molecule is Cc1cc(F)c(C(=O)NC2CC2)cc1/C(C=N)=C/Nc1cnc2ccc(C(=O)O)cn12. The molecule has 0 radical (unpaired) electrons. The molecule has 0 atom stereocenters. The van der Waals surface area contributed by atoms with E-state index in [0.29, 0.717) is 28.2 Å². The van der Waals surface area contributed by atoms with Gasteiger partial charge in [-0.15, -0.1) is 0 Å². The van der Waals surface area contributed by atoms with Crippen LogP contribution in [0.1, 0.15) is 44.7 Å². The molecular weight excluding hydrogens is 401 g/mol. The van der Waals surface area contributed by atoms with Gasteiger partial charge >= 0.3 is 5.97 Å². The van der Waals surface area contributed by atoms with Crippen molar-refractivity contribution in [3.05, 3.63) is 70.9 Å². The van der Waals surface area contributed by atoms with Crippen LogP contribution in [-0.4, -0.2) is 38.6 Å². The van der Waals surface area contributed by atoms with Crippen LogP contribution < -0.4 is 10.6 Å². The molecule has 9 heteroatoms. The number of carbonyl (C=O) groups excluding carboxylic acids is 1. The number of pyridine rings is 1. The predicted octanol–water partition coefficient (Wildman–Crippen LogP) is 3.47. The molecule has 3 aromatic rings. The number of aryl methyl sites for hydroxylation is 1. The normalized spacial score (nSPS) is 13.8. The van der Waals surface area contributed by atoms with Gasteiger partial charge in [0.15, 0.2) is 0 Å². The molecular formula is C22H20FN5O3. The minimum absolute atomic E-state index is 0.0684. The zero-order chi connectivity index (χ0) is 22.1. The van der Waals surface area contributed by atoms with Gasteiger partial charge in [0.2, 0.25) is 0 Å². The summed E-state index contributed by atoms with van der Waals surface area (Å²) in [5.41, 5.74) is 2.11. The van der Waals surface area contributed by atoms with Crippen LogP contribution in [0.3, 0.4) is 0 Å². The minimum atomic E-state index is -1.06. The zero-order valence-corrected chi connectivity index (χ0v) is 16.6. The van der Waals surface area contributed by atoms with E-state index < -0.39 is 17.7 Å². The first-order chi connectivity index (χ1) is 14.9. The number of anilines is 1. The molecule has 0 unspecified atom stereocenters. The third kappa shape index (κ3) is 4.16. The lowest BCUT2D eigenvalue weighted by molar-refractivity contribution is 0.0696. The Morgan fingerprint density at radius 1 is 1.29 bits per heavy atom. The van der Waals surface area contributed by atoms with Crippen LogP contribution in [0.5, 0.6) is 0 Å². The van der Waals surface area contributed by atoms with Crippen molar-refractivity contribution in [2.75, 3.05) is 5.32 Å². The molecule has 2 aromatic heterocycles. The number of carbonyl (C=O) groups is 2. The van der Waals surface area contributed by atoms with Crippen molar-refractivity contribution >= 4 is 35.1 Å². The number of fused-ring (bicyclic) bond motifs is 1. The quantitative estimate of drug-likeness (QED) is 0.436. The highest BCUT2D eigenvalue weighted by Crippen LogP contribution is 2.24. The van der Waals surface area contributed by atoms with Crippen LogP contribution in [-0.2, 0) is 0 Å². The molecule has 0 saturated heterocycles. The van der Waals surface area contributed by atoms with Crippen molar-refractivity contribution in [2.45, 2.75) is 25.8 Å². The van der Waals surface area contributed by atoms with Crippen LogP contribution in [0.4, 0.5) is 10.2 Å². The summed E-state index contributed by atoms with van der Waals surface area (Å²) in [5, 5.41) is 22.8. The van der Waals surface area contributed by atoms with Crippen LogP contribution in [0.25, 0.3) is 11.2 Å². The summed E-state index contributed by atoms with van der Waals surface area (Å²) in [5.74, 6) is -1.65. The first-order valence-electron chi connectivity index (χ1n) is 9.66. The van der Waals surface area contributed by atoms with Crippen molar-refractivity contribution in [2.24, 2.45) is 0 Å². The lowest BCUT2D eigenvalue weighted by atomic mass is 9.98. The number of carboxylic acids is 1. The lowest BCUT2D eigenvalue weighted by Crippen LogP contribution is -2.26. The fourth-order valence-electron chi connectivity index (χ4n) is 3.21. The summed E-state index contributed by atoms with van der Waals surface area (Å²) < 4.78 is 16.0. The molecule has 2 heterocycles. The monoisotopic (exact) mass is 421 g/mol. The smallest absolute Gasteiger partial charge is 0.337 e. The number of aromatic nitrogens is 2. The van der Waals surface area contributed by atoms with Crippen molar-refractivity contribution in [1.82, 2.24) is 14.7 Å². The van der Waals surface area contributed by atoms with E-state index in [4.69, 9.17) is 5.41 Å². The van der Waals surface area contributed by atoms with Crippen molar-refractivity contribution in [3.63, 3.8) is 0 Å². The van der Waals surface area contributed by atoms with Gasteiger partial charge in [-0.3, -0.25) is 9.20 Å². The number of hydrogen-bond donors (Lipinski definition) is 4. The third-order valence-corrected chi connectivity index (χ3v) is 5.07. The van der Waals surface area contributed by atoms with E-state index in [1.54, 1.807) is 17.4 Å². The Kier molecular flexibility index (Phi) is 5.24. The van der Waals surface area contributed by atoms with Gasteiger partial charge in [0.1, 0.15) is 17.3 Å². The number of halogens is 1. The van der Waals surface area contributed by atoms with E-state index in [0.717, 1.165) is 19.1 Å². The topological polar surface area (TPSA) is 120 Å². The summed E-state index contributed by atoms with van der Waals surface area (Å²) in [6.07, 6.45) is 7.39. The van der Waals surface area contributed by atoms with E-state index in [2.05, 4.69) is 15.6 Å². The standard InChI is InChI=1S/C22H20FN5O3/c1-12-6-18(23)17(21(29)27-15-3-4-15)7-16(12)14(8-24)9-25-20-10-26-19-5-2-13(22(30)31)11-28(19)20/h2,5-11,15,24-25H,3-4H2,1H3,(H,27,29)(H,30,31)/b14-9+,24-8?. The maximum atomic E-state index is 14.4. The van der Waals surface area contributed by atoms with Gasteiger partial charge < -0.3 is 21.1 Å². The van der Waals surface area contributed by atoms with Crippen LogP contribution in [0.2, 0.25) is 0 Å². The number of nitrogens with zero attached hydrogens (tertiary/aromatic N) is 2. The first-order valence-corrected chi connectivity index (χ1v) is 9.66. The lowest BCUT2D eigenvalue weighted by Gasteiger charge is -2.12. The summed E-state index contributed by atoms with van der Waals surface area (Å²) in [4.78, 5) is 27.8.